The summed E-state index contributed by atoms with van der Waals surface area (Å²) in [5.41, 5.74) is 1.76. The number of anilines is 2. The molecule has 0 aliphatic heterocycles. The second-order valence-electron chi connectivity index (χ2n) is 6.37. The molecule has 1 amide bonds. The predicted octanol–water partition coefficient (Wildman–Crippen LogP) is 4.47. The van der Waals surface area contributed by atoms with Crippen molar-refractivity contribution in [2.24, 2.45) is 0 Å². The van der Waals surface area contributed by atoms with Crippen LogP contribution in [0.4, 0.5) is 11.5 Å². The molecule has 0 saturated heterocycles. The van der Waals surface area contributed by atoms with Crippen LogP contribution in [0.1, 0.15) is 21.8 Å². The summed E-state index contributed by atoms with van der Waals surface area (Å²) in [6, 6.07) is 23.5. The van der Waals surface area contributed by atoms with E-state index in [0.29, 0.717) is 29.4 Å². The van der Waals surface area contributed by atoms with E-state index in [2.05, 4.69) is 26.7 Å². The molecule has 2 N–H and O–H groups in total. The van der Waals surface area contributed by atoms with Crippen LogP contribution in [0, 0.1) is 11.3 Å². The smallest absolute Gasteiger partial charge is 0.274 e. The van der Waals surface area contributed by atoms with E-state index < -0.39 is 5.91 Å². The first-order chi connectivity index (χ1) is 14.7. The van der Waals surface area contributed by atoms with Crippen molar-refractivity contribution in [1.82, 2.24) is 9.97 Å². The van der Waals surface area contributed by atoms with Crippen molar-refractivity contribution in [1.29, 1.82) is 5.26 Å². The largest absolute Gasteiger partial charge is 0.467 e. The monoisotopic (exact) mass is 395 g/mol. The Morgan fingerprint density at radius 1 is 1.00 bits per heavy atom. The van der Waals surface area contributed by atoms with Crippen molar-refractivity contribution in [3.8, 4) is 17.5 Å². The van der Waals surface area contributed by atoms with Gasteiger partial charge in [0.15, 0.2) is 5.82 Å². The molecule has 30 heavy (non-hydrogen) atoms. The second-order valence-corrected chi connectivity index (χ2v) is 6.37. The van der Waals surface area contributed by atoms with Crippen molar-refractivity contribution in [3.63, 3.8) is 0 Å². The van der Waals surface area contributed by atoms with Crippen molar-refractivity contribution in [2.45, 2.75) is 6.54 Å². The molecule has 0 unspecified atom stereocenters. The van der Waals surface area contributed by atoms with E-state index in [1.165, 1.54) is 0 Å². The Bertz CT molecular complexity index is 1200. The number of nitrogens with one attached hydrogen (secondary N) is 2. The number of rotatable bonds is 6. The highest BCUT2D eigenvalue weighted by Gasteiger charge is 2.15. The van der Waals surface area contributed by atoms with Crippen molar-refractivity contribution in [2.75, 3.05) is 10.6 Å². The van der Waals surface area contributed by atoms with Crippen LogP contribution in [0.25, 0.3) is 11.4 Å². The molecule has 0 saturated carbocycles. The topological polar surface area (TPSA) is 104 Å². The van der Waals surface area contributed by atoms with Gasteiger partial charge in [0.25, 0.3) is 5.91 Å². The number of amides is 1. The van der Waals surface area contributed by atoms with Crippen LogP contribution in [0.3, 0.4) is 0 Å². The van der Waals surface area contributed by atoms with E-state index >= 15 is 0 Å². The number of aromatic nitrogens is 2. The normalized spacial score (nSPS) is 10.2. The van der Waals surface area contributed by atoms with E-state index in [1.807, 2.05) is 36.4 Å². The van der Waals surface area contributed by atoms with E-state index in [-0.39, 0.29) is 5.69 Å². The van der Waals surface area contributed by atoms with Gasteiger partial charge in [-0.3, -0.25) is 4.79 Å². The minimum absolute atomic E-state index is 0.179. The molecule has 4 rings (SSSR count). The summed E-state index contributed by atoms with van der Waals surface area (Å²) in [5, 5.41) is 15.2. The number of benzene rings is 2. The SMILES string of the molecule is N#Cc1ccccc1NC(=O)c1cc(NCc2ccco2)nc(-c2ccccc2)n1. The maximum atomic E-state index is 12.9. The average molecular weight is 395 g/mol. The van der Waals surface area contributed by atoms with E-state index in [1.54, 1.807) is 42.7 Å². The highest BCUT2D eigenvalue weighted by molar-refractivity contribution is 6.04. The van der Waals surface area contributed by atoms with Gasteiger partial charge in [0, 0.05) is 11.6 Å². The van der Waals surface area contributed by atoms with E-state index in [9.17, 15) is 10.1 Å². The molecular formula is C23H17N5O2. The summed E-state index contributed by atoms with van der Waals surface area (Å²) in [4.78, 5) is 21.9. The zero-order valence-electron chi connectivity index (χ0n) is 15.9. The Labute approximate surface area is 173 Å². The number of furan rings is 1. The van der Waals surface area contributed by atoms with Gasteiger partial charge in [-0.25, -0.2) is 9.97 Å². The number of hydrogen-bond acceptors (Lipinski definition) is 6. The number of nitrogens with zero attached hydrogens (tertiary/aromatic N) is 3. The van der Waals surface area contributed by atoms with Crippen molar-refractivity contribution in [3.05, 3.63) is 96.1 Å². The molecule has 2 aromatic carbocycles. The van der Waals surface area contributed by atoms with Crippen LogP contribution in [0.2, 0.25) is 0 Å². The Hall–Kier alpha value is -4.44. The molecule has 2 heterocycles. The van der Waals surface area contributed by atoms with Gasteiger partial charge in [-0.2, -0.15) is 5.26 Å². The van der Waals surface area contributed by atoms with Gasteiger partial charge in [-0.05, 0) is 24.3 Å². The molecule has 4 aromatic rings. The van der Waals surface area contributed by atoms with Crippen LogP contribution in [0.15, 0.2) is 83.5 Å². The third-order valence-corrected chi connectivity index (χ3v) is 4.31. The zero-order valence-corrected chi connectivity index (χ0v) is 15.9. The average Bonchev–Trinajstić information content (AvgIpc) is 3.32. The minimum atomic E-state index is -0.432. The van der Waals surface area contributed by atoms with Gasteiger partial charge in [0.1, 0.15) is 23.3 Å². The highest BCUT2D eigenvalue weighted by Crippen LogP contribution is 2.20. The Balaban J connectivity index is 1.66. The first kappa shape index (κ1) is 18.9. The summed E-state index contributed by atoms with van der Waals surface area (Å²) in [5.74, 6) is 1.21. The van der Waals surface area contributed by atoms with Crippen LogP contribution >= 0.6 is 0 Å². The summed E-state index contributed by atoms with van der Waals surface area (Å²) in [6.07, 6.45) is 1.60. The van der Waals surface area contributed by atoms with E-state index in [4.69, 9.17) is 4.42 Å². The van der Waals surface area contributed by atoms with Crippen LogP contribution in [0.5, 0.6) is 0 Å². The Morgan fingerprint density at radius 2 is 1.80 bits per heavy atom. The number of hydrogen-bond donors (Lipinski definition) is 2. The van der Waals surface area contributed by atoms with Gasteiger partial charge in [-0.1, -0.05) is 42.5 Å². The lowest BCUT2D eigenvalue weighted by atomic mass is 10.2. The molecule has 146 valence electrons. The van der Waals surface area contributed by atoms with Crippen molar-refractivity contribution < 1.29 is 9.21 Å². The van der Waals surface area contributed by atoms with Crippen LogP contribution in [-0.2, 0) is 6.54 Å². The number of carbonyl (C=O) groups excluding carboxylic acids is 1. The number of nitriles is 1. The third-order valence-electron chi connectivity index (χ3n) is 4.31. The number of carbonyl (C=O) groups is 1. The second kappa shape index (κ2) is 8.71. The first-order valence-corrected chi connectivity index (χ1v) is 9.24. The zero-order chi connectivity index (χ0) is 20.8. The molecule has 7 heteroatoms. The molecule has 0 aliphatic rings. The van der Waals surface area contributed by atoms with Gasteiger partial charge >= 0.3 is 0 Å². The minimum Gasteiger partial charge on any atom is -0.467 e. The molecule has 0 radical (unpaired) electrons. The summed E-state index contributed by atoms with van der Waals surface area (Å²) >= 11 is 0. The summed E-state index contributed by atoms with van der Waals surface area (Å²) in [7, 11) is 0. The lowest BCUT2D eigenvalue weighted by molar-refractivity contribution is 0.102. The van der Waals surface area contributed by atoms with Gasteiger partial charge < -0.3 is 15.1 Å². The van der Waals surface area contributed by atoms with E-state index in [0.717, 1.165) is 11.3 Å². The predicted molar refractivity (Wildman–Crippen MR) is 113 cm³/mol. The van der Waals surface area contributed by atoms with Gasteiger partial charge in [0.05, 0.1) is 24.1 Å². The lowest BCUT2D eigenvalue weighted by Gasteiger charge is -2.11. The standard InChI is InChI=1S/C23H17N5O2/c24-14-17-9-4-5-11-19(17)27-23(29)20-13-21(25-15-18-10-6-12-30-18)28-22(26-20)16-7-2-1-3-8-16/h1-13H,15H2,(H,27,29)(H,25,26,28). The molecule has 2 aromatic heterocycles. The Kier molecular flexibility index (Phi) is 5.49. The fourth-order valence-corrected chi connectivity index (χ4v) is 2.84. The third kappa shape index (κ3) is 4.34. The Morgan fingerprint density at radius 3 is 2.57 bits per heavy atom. The first-order valence-electron chi connectivity index (χ1n) is 9.24. The molecule has 0 fully saturated rings. The quantitative estimate of drug-likeness (QED) is 0.499. The van der Waals surface area contributed by atoms with Crippen LogP contribution in [-0.4, -0.2) is 15.9 Å². The molecule has 0 atom stereocenters. The highest BCUT2D eigenvalue weighted by atomic mass is 16.3. The molecule has 7 nitrogen and oxygen atoms in total. The van der Waals surface area contributed by atoms with Crippen molar-refractivity contribution >= 4 is 17.4 Å². The molecule has 0 spiro atoms. The maximum absolute atomic E-state index is 12.9. The fraction of sp³-hybridized carbons (Fsp3) is 0.0435. The summed E-state index contributed by atoms with van der Waals surface area (Å²) in [6.45, 7) is 0.413. The summed E-state index contributed by atoms with van der Waals surface area (Å²) < 4.78 is 5.34. The molecule has 0 bridgehead atoms. The van der Waals surface area contributed by atoms with Crippen LogP contribution < -0.4 is 10.6 Å². The molecular weight excluding hydrogens is 378 g/mol. The maximum Gasteiger partial charge on any atom is 0.274 e. The van der Waals surface area contributed by atoms with Gasteiger partial charge in [0.2, 0.25) is 0 Å². The number of para-hydroxylation sites is 1. The van der Waals surface area contributed by atoms with Gasteiger partial charge in [-0.15, -0.1) is 0 Å². The fourth-order valence-electron chi connectivity index (χ4n) is 2.84. The lowest BCUT2D eigenvalue weighted by Crippen LogP contribution is -2.16. The molecule has 0 aliphatic carbocycles.